The molecule has 1 saturated heterocycles. The molecule has 2 aliphatic heterocycles. The number of rotatable bonds is 6. The SMILES string of the molecule is CN1CCN(CCC(=O)Nc2cncc(-c3cc(-c4cc(Cl)ccc4F)nc4c3OCCN4C(=O)O)c2)CC1=O. The highest BCUT2D eigenvalue weighted by Gasteiger charge is 2.29. The van der Waals surface area contributed by atoms with Crippen LogP contribution < -0.4 is 15.0 Å². The standard InChI is InChI=1S/C27H26ClFN6O5/c1-33-6-7-34(15-24(33)37)5-4-23(36)31-18-10-16(13-30-14-18)19-12-22(20-11-17(28)2-3-21(20)29)32-26-25(19)40-9-8-35(26)27(38)39/h2-3,10-14H,4-9,15H2,1H3,(H,31,36)(H,38,39). The molecular weight excluding hydrogens is 543 g/mol. The van der Waals surface area contributed by atoms with Gasteiger partial charge in [0, 0.05) is 61.0 Å². The summed E-state index contributed by atoms with van der Waals surface area (Å²) < 4.78 is 20.6. The number of hydrogen-bond donors (Lipinski definition) is 2. The molecular formula is C27H26ClFN6O5. The third kappa shape index (κ3) is 5.82. The summed E-state index contributed by atoms with van der Waals surface area (Å²) in [6, 6.07) is 7.27. The van der Waals surface area contributed by atoms with Gasteiger partial charge in [0.15, 0.2) is 11.6 Å². The highest BCUT2D eigenvalue weighted by atomic mass is 35.5. The Balaban J connectivity index is 1.44. The number of carbonyl (C=O) groups excluding carboxylic acids is 2. The van der Waals surface area contributed by atoms with Crippen LogP contribution in [0.5, 0.6) is 5.75 Å². The molecule has 0 saturated carbocycles. The molecule has 5 rings (SSSR count). The molecule has 1 fully saturated rings. The smallest absolute Gasteiger partial charge is 0.413 e. The predicted octanol–water partition coefficient (Wildman–Crippen LogP) is 3.58. The fraction of sp³-hybridized carbons (Fsp3) is 0.296. The first-order chi connectivity index (χ1) is 19.2. The lowest BCUT2D eigenvalue weighted by atomic mass is 10.0. The fourth-order valence-corrected chi connectivity index (χ4v) is 4.73. The molecule has 4 heterocycles. The van der Waals surface area contributed by atoms with Crippen molar-refractivity contribution in [1.82, 2.24) is 19.8 Å². The summed E-state index contributed by atoms with van der Waals surface area (Å²) in [7, 11) is 1.75. The van der Waals surface area contributed by atoms with Crippen LogP contribution >= 0.6 is 11.6 Å². The van der Waals surface area contributed by atoms with E-state index in [1.807, 2.05) is 4.90 Å². The van der Waals surface area contributed by atoms with E-state index in [0.29, 0.717) is 36.4 Å². The van der Waals surface area contributed by atoms with Crippen molar-refractivity contribution >= 4 is 41.0 Å². The van der Waals surface area contributed by atoms with E-state index in [0.717, 1.165) is 4.90 Å². The summed E-state index contributed by atoms with van der Waals surface area (Å²) in [5.74, 6) is -0.601. The molecule has 2 aromatic heterocycles. The highest BCUT2D eigenvalue weighted by Crippen LogP contribution is 2.43. The van der Waals surface area contributed by atoms with Crippen LogP contribution in [0.1, 0.15) is 6.42 Å². The molecule has 208 valence electrons. The van der Waals surface area contributed by atoms with Crippen molar-refractivity contribution < 1.29 is 28.6 Å². The molecule has 0 radical (unpaired) electrons. The number of nitrogens with one attached hydrogen (secondary N) is 1. The van der Waals surface area contributed by atoms with Gasteiger partial charge in [0.1, 0.15) is 12.4 Å². The third-order valence-electron chi connectivity index (χ3n) is 6.73. The van der Waals surface area contributed by atoms with Gasteiger partial charge in [-0.25, -0.2) is 14.2 Å². The fourth-order valence-electron chi connectivity index (χ4n) is 4.56. The van der Waals surface area contributed by atoms with Crippen LogP contribution in [0.25, 0.3) is 22.4 Å². The van der Waals surface area contributed by atoms with E-state index in [4.69, 9.17) is 16.3 Å². The van der Waals surface area contributed by atoms with Crippen LogP contribution in [0, 0.1) is 5.82 Å². The van der Waals surface area contributed by atoms with E-state index >= 15 is 0 Å². The number of piperazine rings is 1. The Hall–Kier alpha value is -4.29. The largest absolute Gasteiger partial charge is 0.487 e. The highest BCUT2D eigenvalue weighted by molar-refractivity contribution is 6.30. The molecule has 2 aliphatic rings. The summed E-state index contributed by atoms with van der Waals surface area (Å²) in [5.41, 5.74) is 1.57. The van der Waals surface area contributed by atoms with Crippen LogP contribution in [0.4, 0.5) is 20.7 Å². The van der Waals surface area contributed by atoms with Gasteiger partial charge in [-0.05, 0) is 30.3 Å². The molecule has 0 aliphatic carbocycles. The zero-order chi connectivity index (χ0) is 28.4. The van der Waals surface area contributed by atoms with Gasteiger partial charge in [-0.2, -0.15) is 0 Å². The molecule has 13 heteroatoms. The third-order valence-corrected chi connectivity index (χ3v) is 6.97. The Bertz CT molecular complexity index is 1490. The summed E-state index contributed by atoms with van der Waals surface area (Å²) in [5, 5.41) is 12.9. The number of nitrogens with zero attached hydrogens (tertiary/aromatic N) is 5. The van der Waals surface area contributed by atoms with Gasteiger partial charge >= 0.3 is 6.09 Å². The van der Waals surface area contributed by atoms with Gasteiger partial charge in [0.05, 0.1) is 30.7 Å². The molecule has 40 heavy (non-hydrogen) atoms. The van der Waals surface area contributed by atoms with Gasteiger partial charge in [-0.3, -0.25) is 24.4 Å². The quantitative estimate of drug-likeness (QED) is 0.462. The summed E-state index contributed by atoms with van der Waals surface area (Å²) in [6.07, 6.45) is 1.97. The number of carboxylic acid groups (broad SMARTS) is 1. The maximum absolute atomic E-state index is 14.8. The Morgan fingerprint density at radius 2 is 1.98 bits per heavy atom. The number of amides is 3. The van der Waals surface area contributed by atoms with Crippen molar-refractivity contribution in [2.75, 3.05) is 56.6 Å². The van der Waals surface area contributed by atoms with Crippen molar-refractivity contribution in [3.8, 4) is 28.1 Å². The Morgan fingerprint density at radius 3 is 2.75 bits per heavy atom. The van der Waals surface area contributed by atoms with Crippen molar-refractivity contribution in [1.29, 1.82) is 0 Å². The van der Waals surface area contributed by atoms with E-state index in [1.54, 1.807) is 24.1 Å². The maximum atomic E-state index is 14.8. The van der Waals surface area contributed by atoms with Gasteiger partial charge in [0.2, 0.25) is 11.8 Å². The first-order valence-electron chi connectivity index (χ1n) is 12.5. The number of likely N-dealkylation sites (N-methyl/N-ethyl adjacent to an activating group) is 1. The summed E-state index contributed by atoms with van der Waals surface area (Å²) >= 11 is 6.11. The van der Waals surface area contributed by atoms with Crippen LogP contribution in [-0.2, 0) is 9.59 Å². The van der Waals surface area contributed by atoms with Gasteiger partial charge in [-0.15, -0.1) is 0 Å². The zero-order valence-electron chi connectivity index (χ0n) is 21.6. The second-order valence-electron chi connectivity index (χ2n) is 9.47. The number of ether oxygens (including phenoxy) is 1. The number of pyridine rings is 2. The van der Waals surface area contributed by atoms with Crippen LogP contribution in [-0.4, -0.2) is 89.2 Å². The number of carbonyl (C=O) groups is 3. The first kappa shape index (κ1) is 27.3. The second kappa shape index (κ2) is 11.4. The number of anilines is 2. The molecule has 0 unspecified atom stereocenters. The number of halogens is 2. The normalized spacial score (nSPS) is 15.4. The second-order valence-corrected chi connectivity index (χ2v) is 9.90. The van der Waals surface area contributed by atoms with Crippen molar-refractivity contribution in [2.45, 2.75) is 6.42 Å². The van der Waals surface area contributed by atoms with Crippen molar-refractivity contribution in [2.24, 2.45) is 0 Å². The van der Waals surface area contributed by atoms with E-state index < -0.39 is 11.9 Å². The predicted molar refractivity (Wildman–Crippen MR) is 146 cm³/mol. The first-order valence-corrected chi connectivity index (χ1v) is 12.9. The molecule has 11 nitrogen and oxygen atoms in total. The minimum Gasteiger partial charge on any atom is -0.487 e. The lowest BCUT2D eigenvalue weighted by Gasteiger charge is -2.31. The molecule has 0 spiro atoms. The van der Waals surface area contributed by atoms with Crippen LogP contribution in [0.15, 0.2) is 42.7 Å². The molecule has 0 bridgehead atoms. The van der Waals surface area contributed by atoms with Crippen molar-refractivity contribution in [3.05, 3.63) is 53.6 Å². The Labute approximate surface area is 234 Å². The summed E-state index contributed by atoms with van der Waals surface area (Å²) in [4.78, 5) is 49.9. The molecule has 3 amide bonds. The Morgan fingerprint density at radius 1 is 1.15 bits per heavy atom. The molecule has 2 N–H and O–H groups in total. The van der Waals surface area contributed by atoms with Crippen LogP contribution in [0.2, 0.25) is 5.02 Å². The lowest BCUT2D eigenvalue weighted by Crippen LogP contribution is -2.49. The molecule has 0 atom stereocenters. The number of fused-ring (bicyclic) bond motifs is 1. The lowest BCUT2D eigenvalue weighted by molar-refractivity contribution is -0.134. The monoisotopic (exact) mass is 568 g/mol. The van der Waals surface area contributed by atoms with E-state index in [1.165, 1.54) is 30.6 Å². The van der Waals surface area contributed by atoms with E-state index in [9.17, 15) is 23.9 Å². The van der Waals surface area contributed by atoms with Crippen molar-refractivity contribution in [3.63, 3.8) is 0 Å². The number of aromatic nitrogens is 2. The topological polar surface area (TPSA) is 128 Å². The average molecular weight is 569 g/mol. The van der Waals surface area contributed by atoms with Gasteiger partial charge in [0.25, 0.3) is 0 Å². The zero-order valence-corrected chi connectivity index (χ0v) is 22.3. The maximum Gasteiger partial charge on any atom is 0.413 e. The average Bonchev–Trinajstić information content (AvgIpc) is 2.94. The number of hydrogen-bond acceptors (Lipinski definition) is 7. The molecule has 3 aromatic rings. The number of benzene rings is 1. The van der Waals surface area contributed by atoms with Crippen LogP contribution in [0.3, 0.4) is 0 Å². The minimum absolute atomic E-state index is 0.0155. The van der Waals surface area contributed by atoms with Gasteiger partial charge in [-0.1, -0.05) is 11.6 Å². The molecule has 1 aromatic carbocycles. The Kier molecular flexibility index (Phi) is 7.81. The minimum atomic E-state index is -1.23. The van der Waals surface area contributed by atoms with E-state index in [-0.39, 0.29) is 65.8 Å². The van der Waals surface area contributed by atoms with E-state index in [2.05, 4.69) is 15.3 Å². The summed E-state index contributed by atoms with van der Waals surface area (Å²) in [6.45, 7) is 2.16. The van der Waals surface area contributed by atoms with Gasteiger partial charge < -0.3 is 20.1 Å².